The van der Waals surface area contributed by atoms with Crippen molar-refractivity contribution in [2.45, 2.75) is 12.8 Å². The molecule has 0 aromatic carbocycles. The van der Waals surface area contributed by atoms with Crippen LogP contribution in [-0.2, 0) is 9.59 Å². The molecule has 0 saturated carbocycles. The van der Waals surface area contributed by atoms with Crippen LogP contribution in [0.3, 0.4) is 0 Å². The summed E-state index contributed by atoms with van der Waals surface area (Å²) in [7, 11) is 0. The van der Waals surface area contributed by atoms with Crippen molar-refractivity contribution in [2.24, 2.45) is 11.0 Å². The molecule has 2 rings (SSSR count). The maximum Gasteiger partial charge on any atom is 0.247 e. The number of pyridine rings is 1. The SMILES string of the molecule is C=C1NNC(=O)C1CCC(=O)NN=Cc1ccccn1. The van der Waals surface area contributed by atoms with Crippen LogP contribution >= 0.6 is 0 Å². The van der Waals surface area contributed by atoms with Gasteiger partial charge in [0.2, 0.25) is 11.8 Å². The van der Waals surface area contributed by atoms with Crippen LogP contribution in [0.5, 0.6) is 0 Å². The minimum Gasteiger partial charge on any atom is -0.303 e. The van der Waals surface area contributed by atoms with Gasteiger partial charge in [-0.2, -0.15) is 5.10 Å². The predicted octanol–water partition coefficient (Wildman–Crippen LogP) is 0.0762. The first-order valence-corrected chi connectivity index (χ1v) is 6.14. The molecule has 20 heavy (non-hydrogen) atoms. The molecule has 7 nitrogen and oxygen atoms in total. The van der Waals surface area contributed by atoms with Gasteiger partial charge in [0.15, 0.2) is 0 Å². The van der Waals surface area contributed by atoms with Gasteiger partial charge in [0.05, 0.1) is 17.8 Å². The average Bonchev–Trinajstić information content (AvgIpc) is 2.77. The molecule has 1 atom stereocenters. The van der Waals surface area contributed by atoms with Gasteiger partial charge in [-0.1, -0.05) is 12.6 Å². The van der Waals surface area contributed by atoms with Crippen molar-refractivity contribution in [1.29, 1.82) is 0 Å². The molecular weight excluding hydrogens is 258 g/mol. The number of nitrogens with one attached hydrogen (secondary N) is 3. The molecule has 0 bridgehead atoms. The second-order valence-corrected chi connectivity index (χ2v) is 4.28. The topological polar surface area (TPSA) is 95.5 Å². The number of hydrogen-bond acceptors (Lipinski definition) is 5. The summed E-state index contributed by atoms with van der Waals surface area (Å²) in [5, 5.41) is 3.80. The van der Waals surface area contributed by atoms with Gasteiger partial charge in [-0.25, -0.2) is 5.43 Å². The fourth-order valence-electron chi connectivity index (χ4n) is 1.73. The molecule has 1 aromatic rings. The number of rotatable bonds is 5. The largest absolute Gasteiger partial charge is 0.303 e. The average molecular weight is 273 g/mol. The van der Waals surface area contributed by atoms with Gasteiger partial charge in [-0.15, -0.1) is 0 Å². The Morgan fingerprint density at radius 2 is 2.35 bits per heavy atom. The summed E-state index contributed by atoms with van der Waals surface area (Å²) < 4.78 is 0. The number of carbonyl (C=O) groups excluding carboxylic acids is 2. The zero-order valence-electron chi connectivity index (χ0n) is 10.8. The van der Waals surface area contributed by atoms with E-state index in [1.807, 2.05) is 6.07 Å². The van der Waals surface area contributed by atoms with Crippen molar-refractivity contribution in [2.75, 3.05) is 0 Å². The van der Waals surface area contributed by atoms with Crippen molar-refractivity contribution in [3.8, 4) is 0 Å². The van der Waals surface area contributed by atoms with Gasteiger partial charge < -0.3 is 5.43 Å². The number of carbonyl (C=O) groups is 2. The summed E-state index contributed by atoms with van der Waals surface area (Å²) in [6.07, 6.45) is 3.68. The highest BCUT2D eigenvalue weighted by Crippen LogP contribution is 2.17. The molecule has 7 heteroatoms. The second kappa shape index (κ2) is 6.46. The summed E-state index contributed by atoms with van der Waals surface area (Å²) in [6, 6.07) is 5.39. The monoisotopic (exact) mass is 273 g/mol. The lowest BCUT2D eigenvalue weighted by molar-refractivity contribution is -0.123. The Kier molecular flexibility index (Phi) is 4.43. The normalized spacial score (nSPS) is 17.9. The zero-order valence-corrected chi connectivity index (χ0v) is 10.8. The minimum absolute atomic E-state index is 0.167. The molecule has 1 unspecified atom stereocenters. The van der Waals surface area contributed by atoms with Gasteiger partial charge in [0.1, 0.15) is 0 Å². The van der Waals surface area contributed by atoms with Gasteiger partial charge in [0, 0.05) is 18.3 Å². The van der Waals surface area contributed by atoms with Crippen molar-refractivity contribution in [3.05, 3.63) is 42.4 Å². The van der Waals surface area contributed by atoms with E-state index in [4.69, 9.17) is 0 Å². The first-order valence-electron chi connectivity index (χ1n) is 6.14. The van der Waals surface area contributed by atoms with Crippen LogP contribution in [0.15, 0.2) is 41.8 Å². The third kappa shape index (κ3) is 3.64. The molecular formula is C13H15N5O2. The Labute approximate surface area is 116 Å². The predicted molar refractivity (Wildman–Crippen MR) is 73.1 cm³/mol. The van der Waals surface area contributed by atoms with E-state index in [9.17, 15) is 9.59 Å². The Balaban J connectivity index is 1.74. The van der Waals surface area contributed by atoms with Crippen molar-refractivity contribution >= 4 is 18.0 Å². The number of nitrogens with zero attached hydrogens (tertiary/aromatic N) is 2. The molecule has 1 aliphatic heterocycles. The van der Waals surface area contributed by atoms with Crippen LogP contribution in [0.4, 0.5) is 0 Å². The lowest BCUT2D eigenvalue weighted by atomic mass is 10.0. The van der Waals surface area contributed by atoms with Gasteiger partial charge in [-0.05, 0) is 18.6 Å². The van der Waals surface area contributed by atoms with E-state index in [1.54, 1.807) is 18.3 Å². The summed E-state index contributed by atoms with van der Waals surface area (Å²) in [5.74, 6) is -0.801. The standard InChI is InChI=1S/C13H15N5O2/c1-9-11(13(20)18-16-9)5-6-12(19)17-15-8-10-4-2-3-7-14-10/h2-4,7-8,11,16H,1,5-6H2,(H,17,19)(H,18,20). The van der Waals surface area contributed by atoms with Crippen LogP contribution in [0.25, 0.3) is 0 Å². The van der Waals surface area contributed by atoms with Crippen molar-refractivity contribution in [1.82, 2.24) is 21.3 Å². The number of amides is 2. The van der Waals surface area contributed by atoms with Crippen molar-refractivity contribution < 1.29 is 9.59 Å². The first kappa shape index (κ1) is 13.7. The Morgan fingerprint density at radius 3 is 3.00 bits per heavy atom. The lowest BCUT2D eigenvalue weighted by Gasteiger charge is -2.05. The van der Waals surface area contributed by atoms with E-state index in [1.165, 1.54) is 6.21 Å². The molecule has 0 spiro atoms. The van der Waals surface area contributed by atoms with E-state index in [2.05, 4.69) is 32.9 Å². The van der Waals surface area contributed by atoms with Gasteiger partial charge >= 0.3 is 0 Å². The molecule has 0 radical (unpaired) electrons. The zero-order chi connectivity index (χ0) is 14.4. The van der Waals surface area contributed by atoms with Gasteiger partial charge in [-0.3, -0.25) is 20.0 Å². The fourth-order valence-corrected chi connectivity index (χ4v) is 1.73. The summed E-state index contributed by atoms with van der Waals surface area (Å²) in [5.41, 5.74) is 8.72. The highest BCUT2D eigenvalue weighted by Gasteiger charge is 2.27. The molecule has 1 aromatic heterocycles. The Hall–Kier alpha value is -2.70. The quantitative estimate of drug-likeness (QED) is 0.523. The fraction of sp³-hybridized carbons (Fsp3) is 0.231. The van der Waals surface area contributed by atoms with Crippen LogP contribution in [0, 0.1) is 5.92 Å². The Morgan fingerprint density at radius 1 is 1.50 bits per heavy atom. The molecule has 1 fully saturated rings. The smallest absolute Gasteiger partial charge is 0.247 e. The Bertz CT molecular complexity index is 525. The van der Waals surface area contributed by atoms with Crippen molar-refractivity contribution in [3.63, 3.8) is 0 Å². The number of hydrogen-bond donors (Lipinski definition) is 3. The van der Waals surface area contributed by atoms with E-state index < -0.39 is 0 Å². The van der Waals surface area contributed by atoms with E-state index >= 15 is 0 Å². The van der Waals surface area contributed by atoms with E-state index in [-0.39, 0.29) is 24.2 Å². The number of aromatic nitrogens is 1. The summed E-state index contributed by atoms with van der Waals surface area (Å²) >= 11 is 0. The summed E-state index contributed by atoms with van der Waals surface area (Å²) in [6.45, 7) is 3.70. The van der Waals surface area contributed by atoms with E-state index in [0.29, 0.717) is 17.8 Å². The number of hydrazone groups is 1. The maximum atomic E-state index is 11.6. The molecule has 2 amide bonds. The number of hydrazine groups is 1. The van der Waals surface area contributed by atoms with Crippen LogP contribution in [-0.4, -0.2) is 23.0 Å². The minimum atomic E-state index is -0.375. The van der Waals surface area contributed by atoms with Crippen LogP contribution in [0.2, 0.25) is 0 Å². The lowest BCUT2D eigenvalue weighted by Crippen LogP contribution is -2.26. The molecule has 2 heterocycles. The van der Waals surface area contributed by atoms with Crippen LogP contribution in [0.1, 0.15) is 18.5 Å². The highest BCUT2D eigenvalue weighted by atomic mass is 16.2. The molecule has 1 aliphatic rings. The molecule has 1 saturated heterocycles. The third-order valence-corrected chi connectivity index (χ3v) is 2.82. The maximum absolute atomic E-state index is 11.6. The second-order valence-electron chi connectivity index (χ2n) is 4.28. The first-order chi connectivity index (χ1) is 9.66. The molecule has 3 N–H and O–H groups in total. The van der Waals surface area contributed by atoms with Gasteiger partial charge in [0.25, 0.3) is 0 Å². The third-order valence-electron chi connectivity index (χ3n) is 2.82. The molecule has 104 valence electrons. The van der Waals surface area contributed by atoms with E-state index in [0.717, 1.165) is 0 Å². The van der Waals surface area contributed by atoms with Crippen LogP contribution < -0.4 is 16.3 Å². The molecule has 0 aliphatic carbocycles. The highest BCUT2D eigenvalue weighted by molar-refractivity contribution is 5.85. The summed E-state index contributed by atoms with van der Waals surface area (Å²) in [4.78, 5) is 27.0.